The first-order valence-corrected chi connectivity index (χ1v) is 5.10. The molecule has 2 aromatic rings. The Hall–Kier alpha value is -1.97. The predicted molar refractivity (Wildman–Crippen MR) is 59.8 cm³/mol. The van der Waals surface area contributed by atoms with E-state index in [1.165, 1.54) is 6.07 Å². The fraction of sp³-hybridized carbons (Fsp3) is 0.167. The first-order chi connectivity index (χ1) is 7.78. The van der Waals surface area contributed by atoms with Crippen LogP contribution in [-0.2, 0) is 6.42 Å². The van der Waals surface area contributed by atoms with Crippen molar-refractivity contribution in [3.05, 3.63) is 41.3 Å². The van der Waals surface area contributed by atoms with Gasteiger partial charge >= 0.3 is 0 Å². The molecular formula is C12H10FN3. The summed E-state index contributed by atoms with van der Waals surface area (Å²) in [7, 11) is 1.78. The smallest absolute Gasteiger partial charge is 0.222 e. The summed E-state index contributed by atoms with van der Waals surface area (Å²) in [5.74, 6) is 0.393. The van der Waals surface area contributed by atoms with Gasteiger partial charge < -0.3 is 5.32 Å². The van der Waals surface area contributed by atoms with Crippen molar-refractivity contribution in [2.75, 3.05) is 12.4 Å². The zero-order chi connectivity index (χ0) is 11.1. The second-order valence-corrected chi connectivity index (χ2v) is 3.80. The molecule has 3 rings (SSSR count). The maximum Gasteiger partial charge on any atom is 0.222 e. The highest BCUT2D eigenvalue weighted by Crippen LogP contribution is 2.35. The number of halogens is 1. The summed E-state index contributed by atoms with van der Waals surface area (Å²) >= 11 is 0. The largest absolute Gasteiger partial charge is 0.357 e. The van der Waals surface area contributed by atoms with E-state index in [1.807, 2.05) is 0 Å². The number of aromatic nitrogens is 2. The molecule has 1 aromatic carbocycles. The van der Waals surface area contributed by atoms with Crippen LogP contribution >= 0.6 is 0 Å². The lowest BCUT2D eigenvalue weighted by atomic mass is 10.1. The Labute approximate surface area is 92.4 Å². The monoisotopic (exact) mass is 215 g/mol. The minimum atomic E-state index is -0.201. The maximum atomic E-state index is 13.1. The SMILES string of the molecule is CNc1ncc2c(n1)-c1ccc(F)cc1C2. The molecule has 1 aliphatic carbocycles. The van der Waals surface area contributed by atoms with Crippen LogP contribution < -0.4 is 5.32 Å². The predicted octanol–water partition coefficient (Wildman–Crippen LogP) is 2.23. The van der Waals surface area contributed by atoms with Crippen molar-refractivity contribution in [2.24, 2.45) is 0 Å². The van der Waals surface area contributed by atoms with E-state index in [2.05, 4.69) is 15.3 Å². The van der Waals surface area contributed by atoms with E-state index in [4.69, 9.17) is 0 Å². The van der Waals surface area contributed by atoms with Gasteiger partial charge in [0.1, 0.15) is 5.82 Å². The highest BCUT2D eigenvalue weighted by molar-refractivity contribution is 5.73. The van der Waals surface area contributed by atoms with Gasteiger partial charge in [0.05, 0.1) is 5.69 Å². The lowest BCUT2D eigenvalue weighted by molar-refractivity contribution is 0.626. The summed E-state index contributed by atoms with van der Waals surface area (Å²) in [6.07, 6.45) is 2.51. The molecule has 0 atom stereocenters. The second kappa shape index (κ2) is 3.27. The molecule has 3 nitrogen and oxygen atoms in total. The molecule has 4 heteroatoms. The molecule has 1 aromatic heterocycles. The minimum absolute atomic E-state index is 0.201. The van der Waals surface area contributed by atoms with Gasteiger partial charge in [-0.15, -0.1) is 0 Å². The molecule has 0 aliphatic heterocycles. The molecule has 0 saturated carbocycles. The van der Waals surface area contributed by atoms with Crippen molar-refractivity contribution in [3.63, 3.8) is 0 Å². The maximum absolute atomic E-state index is 13.1. The highest BCUT2D eigenvalue weighted by atomic mass is 19.1. The molecule has 0 spiro atoms. The van der Waals surface area contributed by atoms with Crippen molar-refractivity contribution in [2.45, 2.75) is 6.42 Å². The molecule has 1 N–H and O–H groups in total. The van der Waals surface area contributed by atoms with Crippen LogP contribution in [0.15, 0.2) is 24.4 Å². The van der Waals surface area contributed by atoms with Crippen LogP contribution in [0.5, 0.6) is 0 Å². The van der Waals surface area contributed by atoms with Gasteiger partial charge in [0.15, 0.2) is 0 Å². The van der Waals surface area contributed by atoms with E-state index in [-0.39, 0.29) is 5.82 Å². The number of benzene rings is 1. The van der Waals surface area contributed by atoms with Crippen LogP contribution in [0.2, 0.25) is 0 Å². The second-order valence-electron chi connectivity index (χ2n) is 3.80. The lowest BCUT2D eigenvalue weighted by Crippen LogP contribution is -1.97. The molecule has 80 valence electrons. The fourth-order valence-corrected chi connectivity index (χ4v) is 2.03. The van der Waals surface area contributed by atoms with Gasteiger partial charge in [0.25, 0.3) is 0 Å². The number of nitrogens with one attached hydrogen (secondary N) is 1. The van der Waals surface area contributed by atoms with Gasteiger partial charge in [-0.2, -0.15) is 0 Å². The fourth-order valence-electron chi connectivity index (χ4n) is 2.03. The topological polar surface area (TPSA) is 37.8 Å². The van der Waals surface area contributed by atoms with E-state index in [0.717, 1.165) is 22.4 Å². The van der Waals surface area contributed by atoms with Gasteiger partial charge in [-0.3, -0.25) is 0 Å². The molecule has 0 unspecified atom stereocenters. The Balaban J connectivity index is 2.19. The summed E-state index contributed by atoms with van der Waals surface area (Å²) < 4.78 is 13.1. The molecule has 0 amide bonds. The Kier molecular flexibility index (Phi) is 1.89. The first-order valence-electron chi connectivity index (χ1n) is 5.10. The number of hydrogen-bond donors (Lipinski definition) is 1. The minimum Gasteiger partial charge on any atom is -0.357 e. The average Bonchev–Trinajstić information content (AvgIpc) is 2.65. The van der Waals surface area contributed by atoms with Crippen LogP contribution in [0.3, 0.4) is 0 Å². The Morgan fingerprint density at radius 2 is 2.19 bits per heavy atom. The van der Waals surface area contributed by atoms with E-state index in [9.17, 15) is 4.39 Å². The zero-order valence-corrected chi connectivity index (χ0v) is 8.79. The number of rotatable bonds is 1. The van der Waals surface area contributed by atoms with Crippen LogP contribution in [0, 0.1) is 5.82 Å². The van der Waals surface area contributed by atoms with Crippen molar-refractivity contribution in [1.29, 1.82) is 0 Å². The molecule has 0 fully saturated rings. The van der Waals surface area contributed by atoms with Gasteiger partial charge in [-0.05, 0) is 23.8 Å². The van der Waals surface area contributed by atoms with E-state index >= 15 is 0 Å². The molecule has 0 radical (unpaired) electrons. The van der Waals surface area contributed by atoms with Crippen molar-refractivity contribution < 1.29 is 4.39 Å². The van der Waals surface area contributed by atoms with E-state index < -0.39 is 0 Å². The average molecular weight is 215 g/mol. The third-order valence-electron chi connectivity index (χ3n) is 2.79. The normalized spacial score (nSPS) is 12.1. The number of hydrogen-bond acceptors (Lipinski definition) is 3. The summed E-state index contributed by atoms with van der Waals surface area (Å²) in [5.41, 5.74) is 3.96. The Bertz CT molecular complexity index is 566. The van der Waals surface area contributed by atoms with Crippen molar-refractivity contribution in [3.8, 4) is 11.3 Å². The molecule has 1 aliphatic rings. The van der Waals surface area contributed by atoms with Crippen molar-refractivity contribution in [1.82, 2.24) is 9.97 Å². The van der Waals surface area contributed by atoms with Crippen LogP contribution in [0.4, 0.5) is 10.3 Å². The van der Waals surface area contributed by atoms with Gasteiger partial charge in [0, 0.05) is 30.8 Å². The van der Waals surface area contributed by atoms with E-state index in [0.29, 0.717) is 12.4 Å². The standard InChI is InChI=1S/C12H10FN3/c1-14-12-15-6-8-4-7-5-9(13)2-3-10(7)11(8)16-12/h2-3,5-6H,4H2,1H3,(H,14,15,16). The summed E-state index contributed by atoms with van der Waals surface area (Å²) in [4.78, 5) is 8.56. The van der Waals surface area contributed by atoms with Crippen LogP contribution in [0.25, 0.3) is 11.3 Å². The number of anilines is 1. The molecule has 1 heterocycles. The first kappa shape index (κ1) is 9.27. The molecule has 0 saturated heterocycles. The quantitative estimate of drug-likeness (QED) is 0.676. The van der Waals surface area contributed by atoms with Gasteiger partial charge in [-0.1, -0.05) is 0 Å². The molecule has 0 bridgehead atoms. The van der Waals surface area contributed by atoms with E-state index in [1.54, 1.807) is 25.4 Å². The molecule has 16 heavy (non-hydrogen) atoms. The third-order valence-corrected chi connectivity index (χ3v) is 2.79. The Morgan fingerprint density at radius 1 is 1.31 bits per heavy atom. The van der Waals surface area contributed by atoms with Gasteiger partial charge in [-0.25, -0.2) is 14.4 Å². The Morgan fingerprint density at radius 3 is 3.00 bits per heavy atom. The van der Waals surface area contributed by atoms with Gasteiger partial charge in [0.2, 0.25) is 5.95 Å². The zero-order valence-electron chi connectivity index (χ0n) is 8.79. The lowest BCUT2D eigenvalue weighted by Gasteiger charge is -2.02. The summed E-state index contributed by atoms with van der Waals surface area (Å²) in [6.45, 7) is 0. The van der Waals surface area contributed by atoms with Crippen molar-refractivity contribution >= 4 is 5.95 Å². The summed E-state index contributed by atoms with van der Waals surface area (Å²) in [5, 5.41) is 2.90. The molecular weight excluding hydrogens is 205 g/mol. The number of fused-ring (bicyclic) bond motifs is 3. The number of nitrogens with zero attached hydrogens (tertiary/aromatic N) is 2. The third kappa shape index (κ3) is 1.26. The summed E-state index contributed by atoms with van der Waals surface area (Å²) in [6, 6.07) is 4.81. The highest BCUT2D eigenvalue weighted by Gasteiger charge is 2.20. The van der Waals surface area contributed by atoms with Crippen LogP contribution in [0.1, 0.15) is 11.1 Å². The van der Waals surface area contributed by atoms with Crippen LogP contribution in [-0.4, -0.2) is 17.0 Å².